The summed E-state index contributed by atoms with van der Waals surface area (Å²) in [7, 11) is 4.27. The van der Waals surface area contributed by atoms with E-state index in [2.05, 4.69) is 23.9 Å². The molecule has 0 spiro atoms. The quantitative estimate of drug-likeness (QED) is 0.896. The minimum Gasteiger partial charge on any atom is -0.329 e. The molecule has 4 heteroatoms. The van der Waals surface area contributed by atoms with Crippen molar-refractivity contribution in [2.24, 2.45) is 11.7 Å². The SMILES string of the molecule is CN(C)CC1CCN(C(CN)c2ccc(F)cc2)CC1. The lowest BCUT2D eigenvalue weighted by Crippen LogP contribution is -2.41. The second-order valence-corrected chi connectivity index (χ2v) is 6.04. The second-order valence-electron chi connectivity index (χ2n) is 6.04. The molecule has 1 atom stereocenters. The summed E-state index contributed by atoms with van der Waals surface area (Å²) in [6, 6.07) is 6.99. The molecule has 2 rings (SSSR count). The van der Waals surface area contributed by atoms with E-state index < -0.39 is 0 Å². The molecule has 20 heavy (non-hydrogen) atoms. The molecule has 0 aliphatic carbocycles. The van der Waals surface area contributed by atoms with Crippen LogP contribution >= 0.6 is 0 Å². The lowest BCUT2D eigenvalue weighted by Gasteiger charge is -2.38. The van der Waals surface area contributed by atoms with Crippen molar-refractivity contribution < 1.29 is 4.39 Å². The maximum absolute atomic E-state index is 13.0. The molecule has 0 bridgehead atoms. The predicted octanol–water partition coefficient (Wildman–Crippen LogP) is 2.10. The van der Waals surface area contributed by atoms with Crippen molar-refractivity contribution in [1.82, 2.24) is 9.80 Å². The van der Waals surface area contributed by atoms with E-state index in [-0.39, 0.29) is 11.9 Å². The second kappa shape index (κ2) is 7.16. The average molecular weight is 279 g/mol. The van der Waals surface area contributed by atoms with Crippen molar-refractivity contribution in [2.75, 3.05) is 40.3 Å². The maximum Gasteiger partial charge on any atom is 0.123 e. The molecule has 1 aromatic rings. The highest BCUT2D eigenvalue weighted by molar-refractivity contribution is 5.20. The van der Waals surface area contributed by atoms with E-state index in [1.807, 2.05) is 12.1 Å². The van der Waals surface area contributed by atoms with Crippen LogP contribution in [0.3, 0.4) is 0 Å². The highest BCUT2D eigenvalue weighted by Crippen LogP contribution is 2.26. The molecule has 1 aliphatic rings. The van der Waals surface area contributed by atoms with Crippen LogP contribution in [-0.4, -0.2) is 50.1 Å². The third-order valence-corrected chi connectivity index (χ3v) is 4.19. The van der Waals surface area contributed by atoms with Gasteiger partial charge in [0, 0.05) is 19.1 Å². The summed E-state index contributed by atoms with van der Waals surface area (Å²) in [5.41, 5.74) is 7.07. The van der Waals surface area contributed by atoms with E-state index >= 15 is 0 Å². The topological polar surface area (TPSA) is 32.5 Å². The van der Waals surface area contributed by atoms with Crippen molar-refractivity contribution in [1.29, 1.82) is 0 Å². The molecule has 2 N–H and O–H groups in total. The normalized spacial score (nSPS) is 19.4. The molecule has 1 saturated heterocycles. The molecular weight excluding hydrogens is 253 g/mol. The Morgan fingerprint density at radius 2 is 1.85 bits per heavy atom. The van der Waals surface area contributed by atoms with E-state index in [1.54, 1.807) is 0 Å². The number of hydrogen-bond donors (Lipinski definition) is 1. The monoisotopic (exact) mass is 279 g/mol. The third-order valence-electron chi connectivity index (χ3n) is 4.19. The molecular formula is C16H26FN3. The molecule has 0 radical (unpaired) electrons. The Morgan fingerprint density at radius 3 is 2.35 bits per heavy atom. The summed E-state index contributed by atoms with van der Waals surface area (Å²) in [6.07, 6.45) is 2.44. The molecule has 1 aromatic carbocycles. The first-order valence-electron chi connectivity index (χ1n) is 7.44. The van der Waals surface area contributed by atoms with E-state index in [9.17, 15) is 4.39 Å². The number of rotatable bonds is 5. The fourth-order valence-electron chi connectivity index (χ4n) is 3.14. The number of nitrogens with zero attached hydrogens (tertiary/aromatic N) is 2. The molecule has 3 nitrogen and oxygen atoms in total. The number of nitrogens with two attached hydrogens (primary N) is 1. The van der Waals surface area contributed by atoms with Crippen molar-refractivity contribution in [2.45, 2.75) is 18.9 Å². The van der Waals surface area contributed by atoms with Gasteiger partial charge in [-0.15, -0.1) is 0 Å². The fraction of sp³-hybridized carbons (Fsp3) is 0.625. The highest BCUT2D eigenvalue weighted by Gasteiger charge is 2.25. The largest absolute Gasteiger partial charge is 0.329 e. The number of hydrogen-bond acceptors (Lipinski definition) is 3. The van der Waals surface area contributed by atoms with Crippen LogP contribution in [0.15, 0.2) is 24.3 Å². The van der Waals surface area contributed by atoms with Crippen LogP contribution in [0, 0.1) is 11.7 Å². The van der Waals surface area contributed by atoms with Gasteiger partial charge in [-0.3, -0.25) is 4.90 Å². The number of piperidine rings is 1. The first-order valence-corrected chi connectivity index (χ1v) is 7.44. The van der Waals surface area contributed by atoms with E-state index in [4.69, 9.17) is 5.73 Å². The van der Waals surface area contributed by atoms with Gasteiger partial charge in [0.15, 0.2) is 0 Å². The van der Waals surface area contributed by atoms with Gasteiger partial charge in [-0.2, -0.15) is 0 Å². The fourth-order valence-corrected chi connectivity index (χ4v) is 3.14. The molecule has 1 heterocycles. The zero-order chi connectivity index (χ0) is 14.5. The molecule has 0 aromatic heterocycles. The Balaban J connectivity index is 1.95. The summed E-state index contributed by atoms with van der Waals surface area (Å²) < 4.78 is 13.0. The Morgan fingerprint density at radius 1 is 1.25 bits per heavy atom. The van der Waals surface area contributed by atoms with Gasteiger partial charge in [0.05, 0.1) is 0 Å². The van der Waals surface area contributed by atoms with Crippen LogP contribution < -0.4 is 5.73 Å². The van der Waals surface area contributed by atoms with Gasteiger partial charge < -0.3 is 10.6 Å². The minimum absolute atomic E-state index is 0.186. The van der Waals surface area contributed by atoms with Crippen molar-refractivity contribution in [3.8, 4) is 0 Å². The molecule has 0 saturated carbocycles. The predicted molar refractivity (Wildman–Crippen MR) is 81.0 cm³/mol. The lowest BCUT2D eigenvalue weighted by molar-refractivity contribution is 0.122. The van der Waals surface area contributed by atoms with E-state index in [1.165, 1.54) is 25.0 Å². The van der Waals surface area contributed by atoms with Crippen molar-refractivity contribution in [3.05, 3.63) is 35.6 Å². The summed E-state index contributed by atoms with van der Waals surface area (Å²) >= 11 is 0. The zero-order valence-corrected chi connectivity index (χ0v) is 12.6. The van der Waals surface area contributed by atoms with Gasteiger partial charge in [0.25, 0.3) is 0 Å². The van der Waals surface area contributed by atoms with Gasteiger partial charge >= 0.3 is 0 Å². The van der Waals surface area contributed by atoms with Gasteiger partial charge in [0.2, 0.25) is 0 Å². The summed E-state index contributed by atoms with van der Waals surface area (Å²) in [4.78, 5) is 4.71. The molecule has 1 fully saturated rings. The standard InChI is InChI=1S/C16H26FN3/c1-19(2)12-13-7-9-20(10-8-13)16(11-18)14-3-5-15(17)6-4-14/h3-6,13,16H,7-12,18H2,1-2H3. The average Bonchev–Trinajstić information content (AvgIpc) is 2.43. The highest BCUT2D eigenvalue weighted by atomic mass is 19.1. The number of halogens is 1. The van der Waals surface area contributed by atoms with E-state index in [0.29, 0.717) is 6.54 Å². The summed E-state index contributed by atoms with van der Waals surface area (Å²) in [5.74, 6) is 0.599. The van der Waals surface area contributed by atoms with Crippen LogP contribution in [0.2, 0.25) is 0 Å². The number of benzene rings is 1. The number of likely N-dealkylation sites (tertiary alicyclic amines) is 1. The molecule has 1 aliphatic heterocycles. The van der Waals surface area contributed by atoms with Gasteiger partial charge in [-0.1, -0.05) is 12.1 Å². The Kier molecular flexibility index (Phi) is 5.52. The minimum atomic E-state index is -0.186. The third kappa shape index (κ3) is 4.01. The molecule has 1 unspecified atom stereocenters. The van der Waals surface area contributed by atoms with Gasteiger partial charge in [-0.05, 0) is 63.6 Å². The summed E-state index contributed by atoms with van der Waals surface area (Å²) in [6.45, 7) is 3.91. The molecule has 112 valence electrons. The maximum atomic E-state index is 13.0. The van der Waals surface area contributed by atoms with Crippen LogP contribution in [0.1, 0.15) is 24.4 Å². The van der Waals surface area contributed by atoms with Crippen LogP contribution in [0.25, 0.3) is 0 Å². The van der Waals surface area contributed by atoms with Crippen LogP contribution in [0.5, 0.6) is 0 Å². The summed E-state index contributed by atoms with van der Waals surface area (Å²) in [5, 5.41) is 0. The van der Waals surface area contributed by atoms with Crippen LogP contribution in [0.4, 0.5) is 4.39 Å². The Labute approximate surface area is 121 Å². The smallest absolute Gasteiger partial charge is 0.123 e. The molecule has 0 amide bonds. The van der Waals surface area contributed by atoms with Gasteiger partial charge in [0.1, 0.15) is 5.82 Å². The van der Waals surface area contributed by atoms with Gasteiger partial charge in [-0.25, -0.2) is 4.39 Å². The van der Waals surface area contributed by atoms with Crippen molar-refractivity contribution in [3.63, 3.8) is 0 Å². The van der Waals surface area contributed by atoms with E-state index in [0.717, 1.165) is 31.1 Å². The Bertz CT molecular complexity index is 397. The Hall–Kier alpha value is -0.970. The first kappa shape index (κ1) is 15.4. The first-order chi connectivity index (χ1) is 9.60. The zero-order valence-electron chi connectivity index (χ0n) is 12.6. The van der Waals surface area contributed by atoms with Crippen LogP contribution in [-0.2, 0) is 0 Å². The lowest BCUT2D eigenvalue weighted by atomic mass is 9.94. The van der Waals surface area contributed by atoms with Crippen molar-refractivity contribution >= 4 is 0 Å².